The van der Waals surface area contributed by atoms with Crippen molar-refractivity contribution in [3.05, 3.63) is 0 Å². The Morgan fingerprint density at radius 1 is 1.17 bits per heavy atom. The zero-order valence-electron chi connectivity index (χ0n) is 18.9. The molecule has 0 radical (unpaired) electrons. The van der Waals surface area contributed by atoms with Gasteiger partial charge < -0.3 is 30.2 Å². The summed E-state index contributed by atoms with van der Waals surface area (Å²) in [4.78, 5) is 47.7. The number of aldehydes is 1. The first-order valence-corrected chi connectivity index (χ1v) is 10.4. The third kappa shape index (κ3) is 9.21. The lowest BCUT2D eigenvalue weighted by molar-refractivity contribution is -0.151. The number of carbonyl (C=O) groups excluding carboxylic acids is 4. The van der Waals surface area contributed by atoms with Crippen molar-refractivity contribution in [1.29, 1.82) is 0 Å². The highest BCUT2D eigenvalue weighted by Gasteiger charge is 2.35. The number of hydrogen-bond donors (Lipinski definition) is 2. The summed E-state index contributed by atoms with van der Waals surface area (Å²) in [6, 6.07) is -0.0373. The quantitative estimate of drug-likeness (QED) is 0.443. The number of carbonyl (C=O) groups is 4. The molecule has 30 heavy (non-hydrogen) atoms. The van der Waals surface area contributed by atoms with Gasteiger partial charge in [0.05, 0.1) is 37.4 Å². The third-order valence-corrected chi connectivity index (χ3v) is 5.19. The minimum absolute atomic E-state index is 0.00756. The molecule has 9 heteroatoms. The van der Waals surface area contributed by atoms with Crippen LogP contribution in [0.4, 0.5) is 0 Å². The minimum atomic E-state index is -0.695. The van der Waals surface area contributed by atoms with Gasteiger partial charge in [-0.25, -0.2) is 0 Å². The SMILES string of the molecule is CC1CC(C(N)=O)CCN1C(=O)CC(C)(C)OCC(C)(C)OCCC(=O)NCC=O. The summed E-state index contributed by atoms with van der Waals surface area (Å²) in [6.07, 6.45) is 2.17. The van der Waals surface area contributed by atoms with E-state index in [0.717, 1.165) is 0 Å². The van der Waals surface area contributed by atoms with E-state index in [4.69, 9.17) is 15.2 Å². The summed E-state index contributed by atoms with van der Waals surface area (Å²) >= 11 is 0. The smallest absolute Gasteiger partial charge is 0.225 e. The van der Waals surface area contributed by atoms with Crippen LogP contribution in [-0.2, 0) is 28.7 Å². The standard InChI is InChI=1S/C21H37N3O6/c1-15-12-16(19(22)28)6-9-24(15)18(27)13-20(2,3)30-14-21(4,5)29-11-7-17(26)23-8-10-25/h10,15-16H,6-9,11-14H2,1-5H3,(H2,22,28)(H,23,26). The van der Waals surface area contributed by atoms with Gasteiger partial charge >= 0.3 is 0 Å². The molecule has 1 aliphatic rings. The number of nitrogens with two attached hydrogens (primary N) is 1. The summed E-state index contributed by atoms with van der Waals surface area (Å²) in [6.45, 7) is 10.3. The van der Waals surface area contributed by atoms with Gasteiger partial charge in [-0.2, -0.15) is 0 Å². The molecule has 172 valence electrons. The second-order valence-electron chi connectivity index (χ2n) is 9.11. The van der Waals surface area contributed by atoms with E-state index in [1.165, 1.54) is 0 Å². The van der Waals surface area contributed by atoms with Gasteiger partial charge in [0.2, 0.25) is 17.7 Å². The maximum absolute atomic E-state index is 12.8. The van der Waals surface area contributed by atoms with Crippen LogP contribution < -0.4 is 11.1 Å². The van der Waals surface area contributed by atoms with Gasteiger partial charge in [0.15, 0.2) is 0 Å². The van der Waals surface area contributed by atoms with Crippen molar-refractivity contribution in [1.82, 2.24) is 10.2 Å². The van der Waals surface area contributed by atoms with Crippen molar-refractivity contribution in [2.24, 2.45) is 11.7 Å². The molecule has 1 fully saturated rings. The summed E-state index contributed by atoms with van der Waals surface area (Å²) in [7, 11) is 0. The highest BCUT2D eigenvalue weighted by molar-refractivity contribution is 5.80. The predicted octanol–water partition coefficient (Wildman–Crippen LogP) is 0.785. The van der Waals surface area contributed by atoms with Crippen molar-refractivity contribution in [3.8, 4) is 0 Å². The highest BCUT2D eigenvalue weighted by Crippen LogP contribution is 2.26. The number of nitrogens with zero attached hydrogens (tertiary/aromatic N) is 1. The van der Waals surface area contributed by atoms with Gasteiger partial charge in [-0.15, -0.1) is 0 Å². The Balaban J connectivity index is 2.44. The van der Waals surface area contributed by atoms with Crippen LogP contribution in [0.25, 0.3) is 0 Å². The molecule has 2 unspecified atom stereocenters. The van der Waals surface area contributed by atoms with E-state index in [2.05, 4.69) is 5.32 Å². The highest BCUT2D eigenvalue weighted by atomic mass is 16.6. The Morgan fingerprint density at radius 3 is 2.40 bits per heavy atom. The summed E-state index contributed by atoms with van der Waals surface area (Å²) in [5.41, 5.74) is 4.06. The fourth-order valence-electron chi connectivity index (χ4n) is 3.39. The van der Waals surface area contributed by atoms with E-state index in [9.17, 15) is 19.2 Å². The molecule has 0 aromatic heterocycles. The molecular formula is C21H37N3O6. The third-order valence-electron chi connectivity index (χ3n) is 5.19. The Hall–Kier alpha value is -2.00. The molecule has 9 nitrogen and oxygen atoms in total. The molecule has 2 atom stereocenters. The number of rotatable bonds is 12. The molecule has 0 bridgehead atoms. The lowest BCUT2D eigenvalue weighted by Gasteiger charge is -2.39. The summed E-state index contributed by atoms with van der Waals surface area (Å²) < 4.78 is 11.7. The molecule has 3 N–H and O–H groups in total. The van der Waals surface area contributed by atoms with Crippen LogP contribution in [0.2, 0.25) is 0 Å². The molecule has 1 aliphatic heterocycles. The first-order valence-electron chi connectivity index (χ1n) is 10.4. The summed E-state index contributed by atoms with van der Waals surface area (Å²) in [5, 5.41) is 2.45. The molecule has 0 spiro atoms. The number of ether oxygens (including phenoxy) is 2. The molecule has 0 aliphatic carbocycles. The van der Waals surface area contributed by atoms with E-state index < -0.39 is 11.2 Å². The zero-order chi connectivity index (χ0) is 22.9. The van der Waals surface area contributed by atoms with E-state index >= 15 is 0 Å². The fraction of sp³-hybridized carbons (Fsp3) is 0.810. The van der Waals surface area contributed by atoms with Crippen molar-refractivity contribution in [2.75, 3.05) is 26.3 Å². The first kappa shape index (κ1) is 26.0. The summed E-state index contributed by atoms with van der Waals surface area (Å²) in [5.74, 6) is -0.743. The van der Waals surface area contributed by atoms with Crippen LogP contribution in [0.15, 0.2) is 0 Å². The fourth-order valence-corrected chi connectivity index (χ4v) is 3.39. The Bertz CT molecular complexity index is 620. The van der Waals surface area contributed by atoms with Crippen LogP contribution in [-0.4, -0.2) is 72.5 Å². The van der Waals surface area contributed by atoms with E-state index in [1.54, 1.807) is 4.90 Å². The predicted molar refractivity (Wildman–Crippen MR) is 111 cm³/mol. The topological polar surface area (TPSA) is 128 Å². The number of hydrogen-bond acceptors (Lipinski definition) is 6. The number of nitrogens with one attached hydrogen (secondary N) is 1. The number of amides is 3. The van der Waals surface area contributed by atoms with Gasteiger partial charge in [0.1, 0.15) is 6.29 Å². The van der Waals surface area contributed by atoms with Crippen molar-refractivity contribution in [3.63, 3.8) is 0 Å². The average Bonchev–Trinajstić information content (AvgIpc) is 2.64. The van der Waals surface area contributed by atoms with Crippen LogP contribution in [0, 0.1) is 5.92 Å². The number of primary amides is 1. The second kappa shape index (κ2) is 11.4. The van der Waals surface area contributed by atoms with E-state index in [1.807, 2.05) is 34.6 Å². The lowest BCUT2D eigenvalue weighted by Crippen LogP contribution is -2.49. The number of likely N-dealkylation sites (tertiary alicyclic amines) is 1. The largest absolute Gasteiger partial charge is 0.373 e. The maximum atomic E-state index is 12.8. The van der Waals surface area contributed by atoms with Crippen LogP contribution in [0.1, 0.15) is 60.3 Å². The Labute approximate surface area is 179 Å². The van der Waals surface area contributed by atoms with Crippen molar-refractivity contribution >= 4 is 24.0 Å². The minimum Gasteiger partial charge on any atom is -0.373 e. The molecule has 0 saturated carbocycles. The molecule has 0 aromatic carbocycles. The second-order valence-corrected chi connectivity index (χ2v) is 9.11. The molecule has 1 heterocycles. The van der Waals surface area contributed by atoms with Crippen LogP contribution >= 0.6 is 0 Å². The molecular weight excluding hydrogens is 390 g/mol. The zero-order valence-corrected chi connectivity index (χ0v) is 18.9. The van der Waals surface area contributed by atoms with Gasteiger partial charge in [-0.3, -0.25) is 14.4 Å². The average molecular weight is 428 g/mol. The van der Waals surface area contributed by atoms with Gasteiger partial charge in [-0.05, 0) is 47.5 Å². The normalized spacial score (nSPS) is 20.0. The molecule has 0 aromatic rings. The van der Waals surface area contributed by atoms with Crippen molar-refractivity contribution in [2.45, 2.75) is 77.5 Å². The van der Waals surface area contributed by atoms with Gasteiger partial charge in [0.25, 0.3) is 0 Å². The molecule has 3 amide bonds. The van der Waals surface area contributed by atoms with Crippen LogP contribution in [0.5, 0.6) is 0 Å². The molecule has 1 saturated heterocycles. The first-order chi connectivity index (χ1) is 13.9. The van der Waals surface area contributed by atoms with Gasteiger partial charge in [0, 0.05) is 24.9 Å². The van der Waals surface area contributed by atoms with Crippen LogP contribution in [0.3, 0.4) is 0 Å². The van der Waals surface area contributed by atoms with E-state index in [0.29, 0.717) is 25.7 Å². The van der Waals surface area contributed by atoms with Crippen molar-refractivity contribution < 1.29 is 28.7 Å². The monoisotopic (exact) mass is 427 g/mol. The Kier molecular flexibility index (Phi) is 9.90. The maximum Gasteiger partial charge on any atom is 0.225 e. The van der Waals surface area contributed by atoms with E-state index in [-0.39, 0.29) is 62.3 Å². The Morgan fingerprint density at radius 2 is 1.83 bits per heavy atom. The van der Waals surface area contributed by atoms with Gasteiger partial charge in [-0.1, -0.05) is 0 Å². The molecule has 1 rings (SSSR count). The lowest BCUT2D eigenvalue weighted by atomic mass is 9.90. The number of piperidine rings is 1.